The molecule has 0 spiro atoms. The first-order chi connectivity index (χ1) is 7.06. The summed E-state index contributed by atoms with van der Waals surface area (Å²) in [7, 11) is 3.29. The maximum Gasteiger partial charge on any atom is 0.257 e. The summed E-state index contributed by atoms with van der Waals surface area (Å²) in [6.45, 7) is 0. The number of aromatic nitrogens is 1. The predicted octanol–water partition coefficient (Wildman–Crippen LogP) is 1.50. The highest BCUT2D eigenvalue weighted by Gasteiger charge is 2.14. The van der Waals surface area contributed by atoms with Gasteiger partial charge in [0.1, 0.15) is 0 Å². The van der Waals surface area contributed by atoms with Crippen molar-refractivity contribution in [2.24, 2.45) is 16.2 Å². The second-order valence-electron chi connectivity index (χ2n) is 2.94. The second kappa shape index (κ2) is 4.83. The lowest BCUT2D eigenvalue weighted by atomic mass is 10.2. The molecule has 1 aromatic rings. The zero-order valence-electron chi connectivity index (χ0n) is 8.31. The van der Waals surface area contributed by atoms with Crippen LogP contribution in [0.25, 0.3) is 0 Å². The lowest BCUT2D eigenvalue weighted by Crippen LogP contribution is -2.22. The number of carbonyl (C=O) groups is 1. The zero-order chi connectivity index (χ0) is 11.4. The lowest BCUT2D eigenvalue weighted by Gasteiger charge is -2.11. The summed E-state index contributed by atoms with van der Waals surface area (Å²) in [6.07, 6.45) is 1.52. The van der Waals surface area contributed by atoms with Crippen molar-refractivity contribution < 1.29 is 4.79 Å². The molecule has 0 saturated heterocycles. The van der Waals surface area contributed by atoms with E-state index in [0.717, 1.165) is 0 Å². The molecule has 0 atom stereocenters. The molecule has 0 aliphatic carbocycles. The molecule has 0 aliphatic heterocycles. The third-order valence-electron chi connectivity index (χ3n) is 1.62. The molecule has 0 radical (unpaired) electrons. The largest absolute Gasteiger partial charge is 0.345 e. The minimum Gasteiger partial charge on any atom is -0.345 e. The third-order valence-corrected chi connectivity index (χ3v) is 2.06. The molecule has 7 heteroatoms. The van der Waals surface area contributed by atoms with Gasteiger partial charge in [0, 0.05) is 24.8 Å². The second-order valence-corrected chi connectivity index (χ2v) is 3.86. The fourth-order valence-electron chi connectivity index (χ4n) is 0.965. The number of amides is 1. The molecule has 0 bridgehead atoms. The van der Waals surface area contributed by atoms with Crippen LogP contribution in [0, 0.1) is 0 Å². The third kappa shape index (κ3) is 2.72. The van der Waals surface area contributed by atoms with Crippen molar-refractivity contribution in [3.8, 4) is 0 Å². The van der Waals surface area contributed by atoms with E-state index in [-0.39, 0.29) is 11.7 Å². The van der Waals surface area contributed by atoms with Crippen molar-refractivity contribution in [1.29, 1.82) is 0 Å². The Balaban J connectivity index is 3.24. The van der Waals surface area contributed by atoms with E-state index in [1.54, 1.807) is 20.2 Å². The maximum atomic E-state index is 11.7. The van der Waals surface area contributed by atoms with Gasteiger partial charge in [-0.2, -0.15) is 0 Å². The van der Waals surface area contributed by atoms with E-state index in [1.165, 1.54) is 11.1 Å². The monoisotopic (exact) mass is 271 g/mol. The SMILES string of the molecule is CN(C)C(=O)c1cc(Br)cnc1N=NN. The van der Waals surface area contributed by atoms with E-state index in [2.05, 4.69) is 31.3 Å². The predicted molar refractivity (Wildman–Crippen MR) is 58.7 cm³/mol. The van der Waals surface area contributed by atoms with Crippen LogP contribution in [0.5, 0.6) is 0 Å². The molecule has 0 saturated carbocycles. The van der Waals surface area contributed by atoms with Crippen LogP contribution in [0.15, 0.2) is 27.1 Å². The molecule has 2 N–H and O–H groups in total. The number of pyridine rings is 1. The van der Waals surface area contributed by atoms with Gasteiger partial charge in [-0.3, -0.25) is 4.79 Å². The molecule has 15 heavy (non-hydrogen) atoms. The average Bonchev–Trinajstić information content (AvgIpc) is 2.20. The van der Waals surface area contributed by atoms with Crippen LogP contribution in [0.3, 0.4) is 0 Å². The highest BCUT2D eigenvalue weighted by Crippen LogP contribution is 2.21. The number of nitrogens with two attached hydrogens (primary N) is 1. The normalized spacial score (nSPS) is 10.6. The fourth-order valence-corrected chi connectivity index (χ4v) is 1.30. The van der Waals surface area contributed by atoms with Crippen molar-refractivity contribution >= 4 is 27.7 Å². The number of hydrogen-bond donors (Lipinski definition) is 1. The van der Waals surface area contributed by atoms with E-state index in [4.69, 9.17) is 5.84 Å². The minimum absolute atomic E-state index is 0.203. The van der Waals surface area contributed by atoms with Gasteiger partial charge in [-0.05, 0) is 22.0 Å². The van der Waals surface area contributed by atoms with Crippen molar-refractivity contribution in [2.75, 3.05) is 14.1 Å². The summed E-state index contributed by atoms with van der Waals surface area (Å²) in [5, 5.41) is 6.69. The molecule has 80 valence electrons. The summed E-state index contributed by atoms with van der Waals surface area (Å²) < 4.78 is 0.698. The molecule has 0 aliphatic rings. The Morgan fingerprint density at radius 1 is 1.60 bits per heavy atom. The zero-order valence-corrected chi connectivity index (χ0v) is 9.89. The van der Waals surface area contributed by atoms with Crippen molar-refractivity contribution in [3.63, 3.8) is 0 Å². The Bertz CT molecular complexity index is 404. The van der Waals surface area contributed by atoms with Gasteiger partial charge in [-0.1, -0.05) is 5.22 Å². The quantitative estimate of drug-likeness (QED) is 0.503. The average molecular weight is 272 g/mol. The molecule has 1 rings (SSSR count). The molecule has 6 nitrogen and oxygen atoms in total. The molecular formula is C8H10BrN5O. The van der Waals surface area contributed by atoms with Crippen LogP contribution in [-0.4, -0.2) is 29.9 Å². The molecule has 1 heterocycles. The van der Waals surface area contributed by atoms with Gasteiger partial charge in [0.15, 0.2) is 5.82 Å². The highest BCUT2D eigenvalue weighted by molar-refractivity contribution is 9.10. The van der Waals surface area contributed by atoms with Gasteiger partial charge in [0.25, 0.3) is 5.91 Å². The van der Waals surface area contributed by atoms with Crippen LogP contribution in [0.2, 0.25) is 0 Å². The molecular weight excluding hydrogens is 262 g/mol. The Hall–Kier alpha value is -1.50. The lowest BCUT2D eigenvalue weighted by molar-refractivity contribution is 0.0828. The van der Waals surface area contributed by atoms with Gasteiger partial charge in [-0.15, -0.1) is 5.11 Å². The standard InChI is InChI=1S/C8H10BrN5O/c1-14(2)8(15)6-3-5(9)4-11-7(6)12-13-10/h3-4H,1-2H3,(H2,10,11,12). The smallest absolute Gasteiger partial charge is 0.257 e. The van der Waals surface area contributed by atoms with E-state index in [1.807, 2.05) is 0 Å². The molecule has 0 unspecified atom stereocenters. The Labute approximate surface area is 95.3 Å². The molecule has 0 fully saturated rings. The summed E-state index contributed by atoms with van der Waals surface area (Å²) in [5.41, 5.74) is 0.351. The Morgan fingerprint density at radius 3 is 2.80 bits per heavy atom. The van der Waals surface area contributed by atoms with E-state index in [0.29, 0.717) is 10.0 Å². The summed E-state index contributed by atoms with van der Waals surface area (Å²) >= 11 is 3.23. The van der Waals surface area contributed by atoms with Gasteiger partial charge < -0.3 is 10.7 Å². The van der Waals surface area contributed by atoms with Crippen LogP contribution in [-0.2, 0) is 0 Å². The summed E-state index contributed by atoms with van der Waals surface area (Å²) in [6, 6.07) is 1.62. The van der Waals surface area contributed by atoms with E-state index < -0.39 is 0 Å². The molecule has 0 aromatic carbocycles. The van der Waals surface area contributed by atoms with Crippen LogP contribution >= 0.6 is 15.9 Å². The minimum atomic E-state index is -0.203. The number of rotatable bonds is 2. The maximum absolute atomic E-state index is 11.7. The molecule has 1 amide bonds. The number of nitrogens with zero attached hydrogens (tertiary/aromatic N) is 4. The van der Waals surface area contributed by atoms with Crippen LogP contribution < -0.4 is 5.84 Å². The first-order valence-corrected chi connectivity index (χ1v) is 4.83. The number of halogens is 1. The Kier molecular flexibility index (Phi) is 3.73. The highest BCUT2D eigenvalue weighted by atomic mass is 79.9. The number of carbonyl (C=O) groups excluding carboxylic acids is 1. The first kappa shape index (κ1) is 11.6. The summed E-state index contributed by atoms with van der Waals surface area (Å²) in [5.74, 6) is 4.93. The van der Waals surface area contributed by atoms with Crippen LogP contribution in [0.4, 0.5) is 5.82 Å². The fraction of sp³-hybridized carbons (Fsp3) is 0.250. The first-order valence-electron chi connectivity index (χ1n) is 4.04. The van der Waals surface area contributed by atoms with Gasteiger partial charge in [0.2, 0.25) is 0 Å². The van der Waals surface area contributed by atoms with Crippen molar-refractivity contribution in [2.45, 2.75) is 0 Å². The van der Waals surface area contributed by atoms with E-state index in [9.17, 15) is 4.79 Å². The van der Waals surface area contributed by atoms with Gasteiger partial charge in [-0.25, -0.2) is 4.98 Å². The summed E-state index contributed by atoms with van der Waals surface area (Å²) in [4.78, 5) is 17.1. The number of hydrogen-bond acceptors (Lipinski definition) is 4. The van der Waals surface area contributed by atoms with E-state index >= 15 is 0 Å². The molecule has 1 aromatic heterocycles. The van der Waals surface area contributed by atoms with Crippen molar-refractivity contribution in [3.05, 3.63) is 22.3 Å². The van der Waals surface area contributed by atoms with Gasteiger partial charge >= 0.3 is 0 Å². The van der Waals surface area contributed by atoms with Gasteiger partial charge in [0.05, 0.1) is 5.56 Å². The Morgan fingerprint density at radius 2 is 2.27 bits per heavy atom. The van der Waals surface area contributed by atoms with Crippen LogP contribution in [0.1, 0.15) is 10.4 Å². The van der Waals surface area contributed by atoms with Crippen molar-refractivity contribution in [1.82, 2.24) is 9.88 Å². The topological polar surface area (TPSA) is 83.9 Å².